The molecule has 186 valence electrons. The molecule has 0 aliphatic carbocycles. The molecule has 3 aliphatic heterocycles. The van der Waals surface area contributed by atoms with E-state index in [9.17, 15) is 19.5 Å². The Hall–Kier alpha value is -2.85. The maximum absolute atomic E-state index is 13.1. The minimum atomic E-state index is -1.01. The lowest BCUT2D eigenvalue weighted by Crippen LogP contribution is -2.48. The lowest BCUT2D eigenvalue weighted by atomic mass is 9.95. The summed E-state index contributed by atoms with van der Waals surface area (Å²) >= 11 is 0. The highest BCUT2D eigenvalue weighted by Crippen LogP contribution is 2.35. The van der Waals surface area contributed by atoms with Gasteiger partial charge in [0.25, 0.3) is 0 Å². The molecule has 4 rings (SSSR count). The van der Waals surface area contributed by atoms with Gasteiger partial charge in [-0.3, -0.25) is 14.4 Å². The zero-order valence-electron chi connectivity index (χ0n) is 19.7. The first kappa shape index (κ1) is 24.3. The highest BCUT2D eigenvalue weighted by Gasteiger charge is 2.31. The third kappa shape index (κ3) is 6.18. The van der Waals surface area contributed by atoms with E-state index >= 15 is 0 Å². The topological polar surface area (TPSA) is 112 Å². The number of carboxylic acid groups (broad SMARTS) is 1. The highest BCUT2D eigenvalue weighted by atomic mass is 16.7. The Balaban J connectivity index is 1.32. The van der Waals surface area contributed by atoms with Gasteiger partial charge in [0.05, 0.1) is 18.4 Å². The molecule has 0 radical (unpaired) electrons. The van der Waals surface area contributed by atoms with Crippen LogP contribution < -0.4 is 14.8 Å². The van der Waals surface area contributed by atoms with Crippen molar-refractivity contribution >= 4 is 17.8 Å². The van der Waals surface area contributed by atoms with Gasteiger partial charge in [-0.25, -0.2) is 0 Å². The van der Waals surface area contributed by atoms with Crippen molar-refractivity contribution in [3.63, 3.8) is 0 Å². The van der Waals surface area contributed by atoms with Gasteiger partial charge in [-0.2, -0.15) is 0 Å². The Labute approximate surface area is 199 Å². The van der Waals surface area contributed by atoms with Gasteiger partial charge in [0.2, 0.25) is 18.6 Å². The van der Waals surface area contributed by atoms with E-state index in [0.717, 1.165) is 39.1 Å². The first-order valence-corrected chi connectivity index (χ1v) is 12.0. The molecule has 2 unspecified atom stereocenters. The molecule has 0 aromatic heterocycles. The number of hydrogen-bond donors (Lipinski definition) is 2. The average molecular weight is 475 g/mol. The molecule has 2 saturated heterocycles. The summed E-state index contributed by atoms with van der Waals surface area (Å²) in [4.78, 5) is 43.8. The average Bonchev–Trinajstić information content (AvgIpc) is 3.31. The van der Waals surface area contributed by atoms with Crippen LogP contribution in [0.15, 0.2) is 18.2 Å². The van der Waals surface area contributed by atoms with E-state index in [1.807, 2.05) is 0 Å². The van der Waals surface area contributed by atoms with Crippen molar-refractivity contribution in [3.8, 4) is 11.5 Å². The Bertz CT molecular complexity index is 901. The van der Waals surface area contributed by atoms with Crippen molar-refractivity contribution in [2.24, 2.45) is 5.92 Å². The van der Waals surface area contributed by atoms with E-state index in [4.69, 9.17) is 9.47 Å². The number of rotatable bonds is 8. The smallest absolute Gasteiger partial charge is 0.305 e. The third-order valence-electron chi connectivity index (χ3n) is 6.88. The van der Waals surface area contributed by atoms with Crippen LogP contribution in [0.5, 0.6) is 11.5 Å². The largest absolute Gasteiger partial charge is 0.481 e. The fourth-order valence-corrected chi connectivity index (χ4v) is 4.75. The Morgan fingerprint density at radius 2 is 1.88 bits per heavy atom. The summed E-state index contributed by atoms with van der Waals surface area (Å²) in [7, 11) is 2.11. The molecule has 3 aliphatic rings. The minimum Gasteiger partial charge on any atom is -0.481 e. The summed E-state index contributed by atoms with van der Waals surface area (Å²) in [5.74, 6) is -0.368. The number of carbonyl (C=O) groups is 3. The molecule has 0 saturated carbocycles. The van der Waals surface area contributed by atoms with Crippen molar-refractivity contribution in [1.82, 2.24) is 20.0 Å². The second kappa shape index (κ2) is 11.1. The molecular weight excluding hydrogens is 440 g/mol. The number of benzene rings is 1. The molecule has 2 fully saturated rings. The van der Waals surface area contributed by atoms with Crippen LogP contribution in [0.2, 0.25) is 0 Å². The first-order chi connectivity index (χ1) is 16.4. The molecular formula is C24H34N4O6. The Morgan fingerprint density at radius 3 is 2.65 bits per heavy atom. The molecule has 10 heteroatoms. The van der Waals surface area contributed by atoms with Gasteiger partial charge in [-0.15, -0.1) is 0 Å². The van der Waals surface area contributed by atoms with Gasteiger partial charge in [0.1, 0.15) is 0 Å². The molecule has 3 heterocycles. The van der Waals surface area contributed by atoms with Crippen LogP contribution in [0.1, 0.15) is 37.3 Å². The molecule has 1 aromatic rings. The second-order valence-corrected chi connectivity index (χ2v) is 9.35. The van der Waals surface area contributed by atoms with E-state index in [1.54, 1.807) is 23.1 Å². The predicted molar refractivity (Wildman–Crippen MR) is 124 cm³/mol. The Morgan fingerprint density at radius 1 is 1.12 bits per heavy atom. The number of piperidine rings is 1. The number of piperazine rings is 1. The Kier molecular flexibility index (Phi) is 7.89. The molecule has 2 atom stereocenters. The van der Waals surface area contributed by atoms with Crippen molar-refractivity contribution < 1.29 is 29.0 Å². The fraction of sp³-hybridized carbons (Fsp3) is 0.625. The van der Waals surface area contributed by atoms with E-state index in [-0.39, 0.29) is 30.9 Å². The summed E-state index contributed by atoms with van der Waals surface area (Å²) in [6.45, 7) is 5.86. The monoisotopic (exact) mass is 474 g/mol. The molecule has 2 amide bonds. The molecule has 0 spiro atoms. The van der Waals surface area contributed by atoms with Crippen LogP contribution in [-0.2, 0) is 14.4 Å². The number of fused-ring (bicyclic) bond motifs is 1. The number of nitrogens with zero attached hydrogens (tertiary/aromatic N) is 3. The minimum absolute atomic E-state index is 0.0780. The van der Waals surface area contributed by atoms with E-state index in [2.05, 4.69) is 22.2 Å². The van der Waals surface area contributed by atoms with Crippen LogP contribution in [-0.4, -0.2) is 97.2 Å². The quantitative estimate of drug-likeness (QED) is 0.572. The summed E-state index contributed by atoms with van der Waals surface area (Å²) in [6.07, 6.45) is 1.64. The number of amides is 2. The molecule has 10 nitrogen and oxygen atoms in total. The predicted octanol–water partition coefficient (Wildman–Crippen LogP) is 0.923. The molecule has 1 aromatic carbocycles. The molecule has 34 heavy (non-hydrogen) atoms. The number of ether oxygens (including phenoxy) is 2. The van der Waals surface area contributed by atoms with Gasteiger partial charge in [0, 0.05) is 52.2 Å². The van der Waals surface area contributed by atoms with Gasteiger partial charge < -0.3 is 34.6 Å². The third-order valence-corrected chi connectivity index (χ3v) is 6.88. The summed E-state index contributed by atoms with van der Waals surface area (Å²) in [5, 5.41) is 12.3. The zero-order valence-corrected chi connectivity index (χ0v) is 19.7. The number of nitrogens with one attached hydrogen (secondary N) is 1. The highest BCUT2D eigenvalue weighted by molar-refractivity contribution is 5.82. The number of likely N-dealkylation sites (tertiary alicyclic amines) is 1. The van der Waals surface area contributed by atoms with E-state index in [1.165, 1.54) is 0 Å². The van der Waals surface area contributed by atoms with Gasteiger partial charge in [-0.1, -0.05) is 6.07 Å². The van der Waals surface area contributed by atoms with Crippen LogP contribution in [0, 0.1) is 5.92 Å². The van der Waals surface area contributed by atoms with E-state index < -0.39 is 12.0 Å². The lowest BCUT2D eigenvalue weighted by molar-refractivity contribution is -0.138. The second-order valence-electron chi connectivity index (χ2n) is 9.35. The van der Waals surface area contributed by atoms with Crippen molar-refractivity contribution in [3.05, 3.63) is 23.8 Å². The maximum Gasteiger partial charge on any atom is 0.305 e. The van der Waals surface area contributed by atoms with Gasteiger partial charge >= 0.3 is 5.97 Å². The van der Waals surface area contributed by atoms with Crippen LogP contribution in [0.25, 0.3) is 0 Å². The normalized spacial score (nSPS) is 21.8. The standard InChI is InChI=1S/C24H34N4O6/c1-26-9-11-27(12-10-26)8-6-22(29)28-7-2-3-18(15-28)24(32)25-19(14-23(30)31)17-4-5-20-21(13-17)34-16-33-20/h4-5,13,18-19H,2-3,6-12,14-16H2,1H3,(H,25,32)(H,30,31). The van der Waals surface area contributed by atoms with Crippen LogP contribution >= 0.6 is 0 Å². The number of likely N-dealkylation sites (N-methyl/N-ethyl adjacent to an activating group) is 1. The number of hydrogen-bond acceptors (Lipinski definition) is 7. The van der Waals surface area contributed by atoms with Crippen LogP contribution in [0.3, 0.4) is 0 Å². The SMILES string of the molecule is CN1CCN(CCC(=O)N2CCCC(C(=O)NC(CC(=O)O)c3ccc4c(c3)OCO4)C2)CC1. The number of carbonyl (C=O) groups excluding carboxylic acids is 2. The zero-order chi connectivity index (χ0) is 24.1. The van der Waals surface area contributed by atoms with Crippen molar-refractivity contribution in [2.75, 3.05) is 59.7 Å². The molecule has 0 bridgehead atoms. The van der Waals surface area contributed by atoms with Crippen LogP contribution in [0.4, 0.5) is 0 Å². The van der Waals surface area contributed by atoms with E-state index in [0.29, 0.717) is 43.0 Å². The first-order valence-electron chi connectivity index (χ1n) is 12.0. The maximum atomic E-state index is 13.1. The lowest BCUT2D eigenvalue weighted by Gasteiger charge is -2.35. The van der Waals surface area contributed by atoms with Gasteiger partial charge in [-0.05, 0) is 37.6 Å². The van der Waals surface area contributed by atoms with Gasteiger partial charge in [0.15, 0.2) is 11.5 Å². The summed E-state index contributed by atoms with van der Waals surface area (Å²) in [6, 6.07) is 4.49. The summed E-state index contributed by atoms with van der Waals surface area (Å²) in [5.41, 5.74) is 0.649. The van der Waals surface area contributed by atoms with Crippen molar-refractivity contribution in [1.29, 1.82) is 0 Å². The van der Waals surface area contributed by atoms with Crippen molar-refractivity contribution in [2.45, 2.75) is 31.7 Å². The fourth-order valence-electron chi connectivity index (χ4n) is 4.75. The summed E-state index contributed by atoms with van der Waals surface area (Å²) < 4.78 is 10.7. The number of aliphatic carboxylic acids is 1. The molecule has 2 N–H and O–H groups in total. The number of carboxylic acids is 1.